The molecule has 1 atom stereocenters. The number of hydrogen-bond acceptors (Lipinski definition) is 4. The summed E-state index contributed by atoms with van der Waals surface area (Å²) >= 11 is 5.92. The summed E-state index contributed by atoms with van der Waals surface area (Å²) in [7, 11) is -0.844. The molecule has 0 fully saturated rings. The van der Waals surface area contributed by atoms with Crippen molar-refractivity contribution in [1.29, 1.82) is 0 Å². The lowest BCUT2D eigenvalue weighted by Crippen LogP contribution is -2.19. The molecule has 0 aliphatic heterocycles. The van der Waals surface area contributed by atoms with Crippen molar-refractivity contribution in [1.82, 2.24) is 5.32 Å². The van der Waals surface area contributed by atoms with Crippen LogP contribution in [0.1, 0.15) is 5.56 Å². The van der Waals surface area contributed by atoms with Crippen molar-refractivity contribution in [3.05, 3.63) is 38.9 Å². The Labute approximate surface area is 107 Å². The molecule has 0 bridgehead atoms. The summed E-state index contributed by atoms with van der Waals surface area (Å²) in [5, 5.41) is 14.1. The van der Waals surface area contributed by atoms with Gasteiger partial charge in [0.25, 0.3) is 5.69 Å². The summed E-state index contributed by atoms with van der Waals surface area (Å²) in [5.41, 5.74) is 0.688. The summed E-state index contributed by atoms with van der Waals surface area (Å²) in [6, 6.07) is 4.32. The van der Waals surface area contributed by atoms with E-state index >= 15 is 0 Å². The maximum Gasteiger partial charge on any atom is 0.269 e. The summed E-state index contributed by atoms with van der Waals surface area (Å²) in [5.74, 6) is 0.548. The van der Waals surface area contributed by atoms with Gasteiger partial charge < -0.3 is 5.32 Å². The van der Waals surface area contributed by atoms with E-state index in [0.717, 1.165) is 0 Å². The predicted octanol–water partition coefficient (Wildman–Crippen LogP) is 1.72. The van der Waals surface area contributed by atoms with Gasteiger partial charge in [-0.3, -0.25) is 14.3 Å². The molecule has 1 aromatic carbocycles. The predicted molar refractivity (Wildman–Crippen MR) is 68.7 cm³/mol. The first-order valence-electron chi connectivity index (χ1n) is 4.94. The smallest absolute Gasteiger partial charge is 0.269 e. The number of nitrogens with one attached hydrogen (secondary N) is 1. The fourth-order valence-corrected chi connectivity index (χ4v) is 1.87. The number of hydrogen-bond donors (Lipinski definition) is 1. The Morgan fingerprint density at radius 2 is 2.24 bits per heavy atom. The third-order valence-corrected chi connectivity index (χ3v) is 3.27. The topological polar surface area (TPSA) is 72.2 Å². The van der Waals surface area contributed by atoms with Crippen molar-refractivity contribution in [3.8, 4) is 0 Å². The van der Waals surface area contributed by atoms with Gasteiger partial charge in [0.1, 0.15) is 0 Å². The van der Waals surface area contributed by atoms with E-state index in [1.807, 2.05) is 0 Å². The Bertz CT molecular complexity index is 440. The molecule has 17 heavy (non-hydrogen) atoms. The Morgan fingerprint density at radius 1 is 1.53 bits per heavy atom. The van der Waals surface area contributed by atoms with E-state index in [2.05, 4.69) is 5.32 Å². The first-order chi connectivity index (χ1) is 8.00. The fraction of sp³-hybridized carbons (Fsp3) is 0.400. The maximum atomic E-state index is 10.8. The molecular weight excluding hydrogens is 264 g/mol. The molecule has 1 aromatic rings. The average molecular weight is 277 g/mol. The van der Waals surface area contributed by atoms with Gasteiger partial charge in [0, 0.05) is 53.1 Å². The van der Waals surface area contributed by atoms with Crippen molar-refractivity contribution in [2.24, 2.45) is 0 Å². The average Bonchev–Trinajstić information content (AvgIpc) is 2.25. The van der Waals surface area contributed by atoms with Crippen LogP contribution >= 0.6 is 11.6 Å². The SMILES string of the molecule is CS(=O)CCNCc1cc([N+](=O)[O-])ccc1Cl. The van der Waals surface area contributed by atoms with E-state index in [-0.39, 0.29) is 5.69 Å². The lowest BCUT2D eigenvalue weighted by molar-refractivity contribution is -0.384. The van der Waals surface area contributed by atoms with Crippen LogP contribution in [-0.4, -0.2) is 27.7 Å². The number of benzene rings is 1. The van der Waals surface area contributed by atoms with Gasteiger partial charge in [-0.15, -0.1) is 0 Å². The molecule has 0 heterocycles. The monoisotopic (exact) mass is 276 g/mol. The van der Waals surface area contributed by atoms with Crippen LogP contribution in [0, 0.1) is 10.1 Å². The van der Waals surface area contributed by atoms with Gasteiger partial charge in [0.05, 0.1) is 4.92 Å². The molecule has 5 nitrogen and oxygen atoms in total. The zero-order valence-electron chi connectivity index (χ0n) is 9.31. The van der Waals surface area contributed by atoms with E-state index in [0.29, 0.717) is 29.4 Å². The normalized spacial score (nSPS) is 12.4. The van der Waals surface area contributed by atoms with Crippen LogP contribution in [0.15, 0.2) is 18.2 Å². The van der Waals surface area contributed by atoms with E-state index in [1.54, 1.807) is 6.26 Å². The Hall–Kier alpha value is -0.980. The second kappa shape index (κ2) is 6.68. The van der Waals surface area contributed by atoms with Crippen LogP contribution in [0.5, 0.6) is 0 Å². The second-order valence-electron chi connectivity index (χ2n) is 3.49. The number of nitro benzene ring substituents is 1. The molecule has 1 rings (SSSR count). The number of rotatable bonds is 6. The molecule has 0 aliphatic rings. The summed E-state index contributed by atoms with van der Waals surface area (Å²) in [6.45, 7) is 1.01. The van der Waals surface area contributed by atoms with Crippen LogP contribution in [0.4, 0.5) is 5.69 Å². The molecule has 0 radical (unpaired) electrons. The van der Waals surface area contributed by atoms with Gasteiger partial charge in [-0.25, -0.2) is 0 Å². The van der Waals surface area contributed by atoms with Crippen molar-refractivity contribution in [3.63, 3.8) is 0 Å². The molecule has 0 spiro atoms. The Kier molecular flexibility index (Phi) is 5.54. The van der Waals surface area contributed by atoms with E-state index in [9.17, 15) is 14.3 Å². The van der Waals surface area contributed by atoms with Crippen molar-refractivity contribution >= 4 is 28.1 Å². The van der Waals surface area contributed by atoms with Gasteiger partial charge in [0.15, 0.2) is 0 Å². The largest absolute Gasteiger partial charge is 0.312 e. The minimum Gasteiger partial charge on any atom is -0.312 e. The van der Waals surface area contributed by atoms with Crippen LogP contribution in [0.25, 0.3) is 0 Å². The summed E-state index contributed by atoms with van der Waals surface area (Å²) in [4.78, 5) is 10.1. The molecule has 7 heteroatoms. The lowest BCUT2D eigenvalue weighted by Gasteiger charge is -2.05. The van der Waals surface area contributed by atoms with Crippen LogP contribution in [0.2, 0.25) is 5.02 Å². The minimum absolute atomic E-state index is 0.0188. The van der Waals surface area contributed by atoms with E-state index in [4.69, 9.17) is 11.6 Å². The third kappa shape index (κ3) is 4.80. The second-order valence-corrected chi connectivity index (χ2v) is 5.45. The Morgan fingerprint density at radius 3 is 2.82 bits per heavy atom. The van der Waals surface area contributed by atoms with Crippen molar-refractivity contribution in [2.45, 2.75) is 6.54 Å². The maximum absolute atomic E-state index is 10.8. The highest BCUT2D eigenvalue weighted by Gasteiger charge is 2.09. The van der Waals surface area contributed by atoms with Gasteiger partial charge in [-0.05, 0) is 11.6 Å². The fourth-order valence-electron chi connectivity index (χ4n) is 1.25. The summed E-state index contributed by atoms with van der Waals surface area (Å²) < 4.78 is 10.8. The Balaban J connectivity index is 2.60. The third-order valence-electron chi connectivity index (χ3n) is 2.12. The molecule has 94 valence electrons. The number of non-ortho nitro benzene ring substituents is 1. The van der Waals surface area contributed by atoms with Gasteiger partial charge in [0.2, 0.25) is 0 Å². The van der Waals surface area contributed by atoms with Gasteiger partial charge >= 0.3 is 0 Å². The quantitative estimate of drug-likeness (QED) is 0.488. The van der Waals surface area contributed by atoms with Crippen LogP contribution < -0.4 is 5.32 Å². The summed E-state index contributed by atoms with van der Waals surface area (Å²) in [6.07, 6.45) is 1.63. The molecule has 0 aliphatic carbocycles. The molecule has 1 N–H and O–H groups in total. The first kappa shape index (κ1) is 14.1. The molecule has 0 saturated carbocycles. The number of nitro groups is 1. The van der Waals surface area contributed by atoms with Crippen LogP contribution in [0.3, 0.4) is 0 Å². The van der Waals surface area contributed by atoms with Crippen LogP contribution in [-0.2, 0) is 17.3 Å². The first-order valence-corrected chi connectivity index (χ1v) is 7.05. The molecule has 0 aromatic heterocycles. The minimum atomic E-state index is -0.844. The molecule has 0 saturated heterocycles. The highest BCUT2D eigenvalue weighted by atomic mass is 35.5. The molecule has 0 amide bonds. The van der Waals surface area contributed by atoms with E-state index in [1.165, 1.54) is 18.2 Å². The van der Waals surface area contributed by atoms with E-state index < -0.39 is 15.7 Å². The van der Waals surface area contributed by atoms with Gasteiger partial charge in [-0.2, -0.15) is 0 Å². The van der Waals surface area contributed by atoms with Gasteiger partial charge in [-0.1, -0.05) is 11.6 Å². The highest BCUT2D eigenvalue weighted by Crippen LogP contribution is 2.21. The lowest BCUT2D eigenvalue weighted by atomic mass is 10.2. The number of nitrogens with zero attached hydrogens (tertiary/aromatic N) is 1. The molecular formula is C10H13ClN2O3S. The van der Waals surface area contributed by atoms with Crippen molar-refractivity contribution in [2.75, 3.05) is 18.6 Å². The standard InChI is InChI=1S/C10H13ClN2O3S/c1-17(16)5-4-12-7-8-6-9(13(14)15)2-3-10(8)11/h2-3,6,12H,4-5,7H2,1H3. The van der Waals surface area contributed by atoms with Crippen molar-refractivity contribution < 1.29 is 9.13 Å². The molecule has 1 unspecified atom stereocenters. The number of halogens is 1. The highest BCUT2D eigenvalue weighted by molar-refractivity contribution is 7.84. The zero-order valence-corrected chi connectivity index (χ0v) is 10.9. The zero-order chi connectivity index (χ0) is 12.8.